The van der Waals surface area contributed by atoms with Crippen LogP contribution < -0.4 is 10.6 Å². The molecule has 2 rings (SSSR count). The first-order valence-electron chi connectivity index (χ1n) is 7.33. The molecule has 2 aromatic rings. The Morgan fingerprint density at radius 3 is 2.50 bits per heavy atom. The zero-order valence-electron chi connectivity index (χ0n) is 13.4. The van der Waals surface area contributed by atoms with Crippen LogP contribution in [0.2, 0.25) is 5.02 Å². The normalized spacial score (nSPS) is 13.6. The van der Waals surface area contributed by atoms with Crippen LogP contribution in [0.1, 0.15) is 17.5 Å². The molecule has 6 nitrogen and oxygen atoms in total. The maximum Gasteiger partial charge on any atom is 0.441 e. The van der Waals surface area contributed by atoms with Crippen LogP contribution in [-0.2, 0) is 9.53 Å². The van der Waals surface area contributed by atoms with Crippen molar-refractivity contribution in [3.63, 3.8) is 0 Å². The number of amides is 1. The van der Waals surface area contributed by atoms with Crippen molar-refractivity contribution in [2.75, 3.05) is 11.9 Å². The third-order valence-corrected chi connectivity index (χ3v) is 3.44. The number of halogens is 4. The molecule has 10 heteroatoms. The highest BCUT2D eigenvalue weighted by molar-refractivity contribution is 6.30. The smallest absolute Gasteiger partial charge is 0.441 e. The maximum atomic E-state index is 13.9. The maximum absolute atomic E-state index is 13.9. The van der Waals surface area contributed by atoms with E-state index in [1.54, 1.807) is 5.32 Å². The van der Waals surface area contributed by atoms with E-state index in [9.17, 15) is 22.8 Å². The first-order chi connectivity index (χ1) is 12.2. The number of benzene rings is 1. The zero-order valence-corrected chi connectivity index (χ0v) is 14.1. The van der Waals surface area contributed by atoms with E-state index in [1.165, 1.54) is 37.3 Å². The molecule has 1 atom stereocenters. The topological polar surface area (TPSA) is 80.6 Å². The minimum absolute atomic E-state index is 0.132. The van der Waals surface area contributed by atoms with Gasteiger partial charge in [-0.25, -0.2) is 4.79 Å². The molecule has 1 aromatic heterocycles. The second kappa shape index (κ2) is 7.69. The molecule has 0 saturated heterocycles. The number of ether oxygens (including phenoxy) is 1. The van der Waals surface area contributed by atoms with E-state index in [1.807, 2.05) is 5.32 Å². The molecule has 1 amide bonds. The van der Waals surface area contributed by atoms with Crippen LogP contribution in [0.15, 0.2) is 47.1 Å². The molecule has 26 heavy (non-hydrogen) atoms. The summed E-state index contributed by atoms with van der Waals surface area (Å²) in [5, 5.41) is 3.76. The molecule has 0 radical (unpaired) electrons. The van der Waals surface area contributed by atoms with Crippen molar-refractivity contribution >= 4 is 29.2 Å². The Hall–Kier alpha value is -2.68. The van der Waals surface area contributed by atoms with Crippen LogP contribution in [0.3, 0.4) is 0 Å². The lowest BCUT2D eigenvalue weighted by atomic mass is 10.1. The summed E-state index contributed by atoms with van der Waals surface area (Å²) in [5.74, 6) is -3.39. The van der Waals surface area contributed by atoms with E-state index in [0.717, 1.165) is 12.3 Å². The van der Waals surface area contributed by atoms with Crippen LogP contribution in [0, 0.1) is 0 Å². The Morgan fingerprint density at radius 1 is 1.23 bits per heavy atom. The minimum Gasteiger partial charge on any atom is -0.463 e. The second-order valence-corrected chi connectivity index (χ2v) is 5.47. The van der Waals surface area contributed by atoms with E-state index in [4.69, 9.17) is 16.0 Å². The summed E-state index contributed by atoms with van der Waals surface area (Å²) >= 11 is 5.78. The average molecular weight is 391 g/mol. The standard InChI is InChI=1S/C16H14ClF3N2O4/c1-2-25-14(24)15(16(18,19)20,21-11-6-3-5-10(17)9-11)22-13(23)12-7-4-8-26-12/h3-9,21H,2H2,1H3,(H,22,23)/t15-/m1/s1. The molecule has 0 aliphatic carbocycles. The molecular formula is C16H14ClF3N2O4. The van der Waals surface area contributed by atoms with E-state index in [2.05, 4.69) is 4.74 Å². The lowest BCUT2D eigenvalue weighted by Gasteiger charge is -2.35. The van der Waals surface area contributed by atoms with Crippen molar-refractivity contribution in [3.8, 4) is 0 Å². The fourth-order valence-electron chi connectivity index (χ4n) is 2.05. The number of carbonyl (C=O) groups excluding carboxylic acids is 2. The van der Waals surface area contributed by atoms with Gasteiger partial charge in [0.05, 0.1) is 12.9 Å². The number of esters is 1. The van der Waals surface area contributed by atoms with Crippen LogP contribution in [0.25, 0.3) is 0 Å². The summed E-state index contributed by atoms with van der Waals surface area (Å²) in [6.07, 6.45) is -4.14. The van der Waals surface area contributed by atoms with Gasteiger partial charge in [0.2, 0.25) is 0 Å². The molecule has 0 spiro atoms. The Kier molecular flexibility index (Phi) is 5.81. The summed E-state index contributed by atoms with van der Waals surface area (Å²) in [4.78, 5) is 24.4. The SMILES string of the molecule is CCOC(=O)[C@](NC(=O)c1ccco1)(Nc1cccc(Cl)c1)C(F)(F)F. The van der Waals surface area contributed by atoms with Gasteiger partial charge in [0.15, 0.2) is 5.76 Å². The van der Waals surface area contributed by atoms with Crippen molar-refractivity contribution in [2.45, 2.75) is 18.8 Å². The van der Waals surface area contributed by atoms with Crippen LogP contribution in [0.4, 0.5) is 18.9 Å². The van der Waals surface area contributed by atoms with Crippen molar-refractivity contribution < 1.29 is 31.9 Å². The summed E-state index contributed by atoms with van der Waals surface area (Å²) in [7, 11) is 0. The molecule has 1 aromatic carbocycles. The number of furan rings is 1. The molecular weight excluding hydrogens is 377 g/mol. The summed E-state index contributed by atoms with van der Waals surface area (Å²) in [6, 6.07) is 7.71. The van der Waals surface area contributed by atoms with Gasteiger partial charge >= 0.3 is 17.8 Å². The highest BCUT2D eigenvalue weighted by atomic mass is 35.5. The van der Waals surface area contributed by atoms with Gasteiger partial charge in [-0.1, -0.05) is 17.7 Å². The lowest BCUT2D eigenvalue weighted by molar-refractivity contribution is -0.204. The molecule has 0 saturated carbocycles. The minimum atomic E-state index is -5.25. The van der Waals surface area contributed by atoms with Gasteiger partial charge in [0, 0.05) is 10.7 Å². The van der Waals surface area contributed by atoms with Gasteiger partial charge in [-0.2, -0.15) is 13.2 Å². The molecule has 0 bridgehead atoms. The Morgan fingerprint density at radius 2 is 1.96 bits per heavy atom. The van der Waals surface area contributed by atoms with Crippen LogP contribution in [0.5, 0.6) is 0 Å². The number of hydrogen-bond donors (Lipinski definition) is 2. The second-order valence-electron chi connectivity index (χ2n) is 5.04. The number of hydrogen-bond acceptors (Lipinski definition) is 5. The number of anilines is 1. The van der Waals surface area contributed by atoms with Gasteiger partial charge in [0.1, 0.15) is 0 Å². The van der Waals surface area contributed by atoms with Crippen molar-refractivity contribution in [1.29, 1.82) is 0 Å². The zero-order chi connectivity index (χ0) is 19.4. The van der Waals surface area contributed by atoms with E-state index >= 15 is 0 Å². The summed E-state index contributed by atoms with van der Waals surface area (Å²) in [6.45, 7) is 1.01. The molecule has 1 heterocycles. The number of nitrogens with one attached hydrogen (secondary N) is 2. The highest BCUT2D eigenvalue weighted by Gasteiger charge is 2.63. The molecule has 0 unspecified atom stereocenters. The summed E-state index contributed by atoms with van der Waals surface area (Å²) in [5.41, 5.74) is -3.69. The molecule has 0 aliphatic rings. The van der Waals surface area contributed by atoms with Crippen LogP contribution in [-0.4, -0.2) is 30.3 Å². The third-order valence-electron chi connectivity index (χ3n) is 3.21. The predicted molar refractivity (Wildman–Crippen MR) is 86.7 cm³/mol. The largest absolute Gasteiger partial charge is 0.463 e. The van der Waals surface area contributed by atoms with Gasteiger partial charge < -0.3 is 19.8 Å². The highest BCUT2D eigenvalue weighted by Crippen LogP contribution is 2.34. The van der Waals surface area contributed by atoms with E-state index in [0.29, 0.717) is 0 Å². The predicted octanol–water partition coefficient (Wildman–Crippen LogP) is 3.60. The first kappa shape index (κ1) is 19.6. The van der Waals surface area contributed by atoms with Gasteiger partial charge in [-0.15, -0.1) is 0 Å². The third kappa shape index (κ3) is 4.10. The first-order valence-corrected chi connectivity index (χ1v) is 7.71. The number of rotatable bonds is 6. The fraction of sp³-hybridized carbons (Fsp3) is 0.250. The van der Waals surface area contributed by atoms with Crippen molar-refractivity contribution in [1.82, 2.24) is 5.32 Å². The fourth-order valence-corrected chi connectivity index (χ4v) is 2.24. The lowest BCUT2D eigenvalue weighted by Crippen LogP contribution is -2.69. The Labute approximate surface area is 151 Å². The molecule has 2 N–H and O–H groups in total. The number of carbonyl (C=O) groups is 2. The molecule has 140 valence electrons. The van der Waals surface area contributed by atoms with E-state index < -0.39 is 29.5 Å². The van der Waals surface area contributed by atoms with Crippen LogP contribution >= 0.6 is 11.6 Å². The number of alkyl halides is 3. The molecule has 0 fully saturated rings. The average Bonchev–Trinajstić information content (AvgIpc) is 3.07. The molecule has 0 aliphatic heterocycles. The Bertz CT molecular complexity index is 780. The van der Waals surface area contributed by atoms with Gasteiger partial charge in [-0.05, 0) is 37.3 Å². The monoisotopic (exact) mass is 390 g/mol. The van der Waals surface area contributed by atoms with Gasteiger partial charge in [-0.3, -0.25) is 4.79 Å². The Balaban J connectivity index is 2.49. The van der Waals surface area contributed by atoms with Crippen molar-refractivity contribution in [3.05, 3.63) is 53.4 Å². The van der Waals surface area contributed by atoms with Gasteiger partial charge in [0.25, 0.3) is 5.91 Å². The van der Waals surface area contributed by atoms with E-state index in [-0.39, 0.29) is 17.3 Å². The quantitative estimate of drug-likeness (QED) is 0.582. The summed E-state index contributed by atoms with van der Waals surface area (Å²) < 4.78 is 51.0. The van der Waals surface area contributed by atoms with Crippen molar-refractivity contribution in [2.24, 2.45) is 0 Å².